The highest BCUT2D eigenvalue weighted by molar-refractivity contribution is 5.95. The van der Waals surface area contributed by atoms with Crippen molar-refractivity contribution in [3.05, 3.63) is 72.2 Å². The van der Waals surface area contributed by atoms with Gasteiger partial charge in [0, 0.05) is 36.1 Å². The van der Waals surface area contributed by atoms with Crippen molar-refractivity contribution in [2.45, 2.75) is 31.3 Å². The Labute approximate surface area is 172 Å². The van der Waals surface area contributed by atoms with E-state index >= 15 is 0 Å². The van der Waals surface area contributed by atoms with Crippen molar-refractivity contribution in [3.8, 4) is 5.69 Å². The van der Waals surface area contributed by atoms with Crippen LogP contribution in [0, 0.1) is 5.92 Å². The van der Waals surface area contributed by atoms with Gasteiger partial charge in [-0.1, -0.05) is 18.2 Å². The molecule has 5 rings (SSSR count). The molecule has 8 nitrogen and oxygen atoms in total. The molecule has 0 bridgehead atoms. The fourth-order valence-electron chi connectivity index (χ4n) is 4.36. The number of anilines is 1. The molecule has 1 spiro atoms. The highest BCUT2D eigenvalue weighted by atomic mass is 16.6. The Hall–Kier alpha value is -3.52. The summed E-state index contributed by atoms with van der Waals surface area (Å²) in [7, 11) is 0. The van der Waals surface area contributed by atoms with Crippen LogP contribution in [-0.2, 0) is 15.1 Å². The van der Waals surface area contributed by atoms with Crippen molar-refractivity contribution in [1.29, 1.82) is 0 Å². The van der Waals surface area contributed by atoms with Gasteiger partial charge in [0.1, 0.15) is 5.60 Å². The lowest BCUT2D eigenvalue weighted by Gasteiger charge is -2.36. The molecule has 1 saturated carbocycles. The van der Waals surface area contributed by atoms with Gasteiger partial charge < -0.3 is 4.74 Å². The van der Waals surface area contributed by atoms with Crippen LogP contribution in [0.1, 0.15) is 41.6 Å². The number of carbonyl (C=O) groups excluding carboxylic acids is 2. The average molecular weight is 404 g/mol. The average Bonchev–Trinajstić information content (AvgIpc) is 3.38. The molecule has 1 amide bonds. The molecular formula is C22H20N4O4. The van der Waals surface area contributed by atoms with E-state index in [0.29, 0.717) is 36.3 Å². The van der Waals surface area contributed by atoms with E-state index in [9.17, 15) is 14.8 Å². The smallest absolute Gasteiger partial charge is 0.339 e. The van der Waals surface area contributed by atoms with Gasteiger partial charge in [-0.15, -0.1) is 5.10 Å². The van der Waals surface area contributed by atoms with E-state index < -0.39 is 11.5 Å². The first kappa shape index (κ1) is 18.5. The molecule has 152 valence electrons. The van der Waals surface area contributed by atoms with Gasteiger partial charge in [0.05, 0.1) is 11.3 Å². The monoisotopic (exact) mass is 404 g/mol. The SMILES string of the molecule is O=C1OC2(CCC(C(=O)N(O)c3ccn(-c4ccccc4)n3)CC2)c2cnccc21. The van der Waals surface area contributed by atoms with Gasteiger partial charge in [0.2, 0.25) is 0 Å². The Balaban J connectivity index is 1.29. The second kappa shape index (κ2) is 7.07. The van der Waals surface area contributed by atoms with E-state index in [4.69, 9.17) is 4.74 Å². The number of hydrogen-bond acceptors (Lipinski definition) is 6. The maximum absolute atomic E-state index is 12.9. The number of nitrogens with zero attached hydrogens (tertiary/aromatic N) is 4. The standard InChI is InChI=1S/C22H20N4O4/c27-20(26(29)19-9-13-25(24-19)16-4-2-1-3-5-16)15-6-10-22(11-7-15)18-14-23-12-8-17(18)21(28)30-22/h1-5,8-9,12-15,29H,6-7,10-11H2. The maximum Gasteiger partial charge on any atom is 0.339 e. The Kier molecular flexibility index (Phi) is 4.36. The minimum Gasteiger partial charge on any atom is -0.450 e. The van der Waals surface area contributed by atoms with E-state index in [-0.39, 0.29) is 17.7 Å². The third kappa shape index (κ3) is 2.96. The number of pyridine rings is 1. The molecule has 0 saturated heterocycles. The molecule has 0 unspecified atom stereocenters. The number of esters is 1. The summed E-state index contributed by atoms with van der Waals surface area (Å²) in [6.45, 7) is 0. The topological polar surface area (TPSA) is 97.6 Å². The zero-order valence-corrected chi connectivity index (χ0v) is 16.1. The predicted molar refractivity (Wildman–Crippen MR) is 106 cm³/mol. The summed E-state index contributed by atoms with van der Waals surface area (Å²) in [5.74, 6) is -0.945. The minimum absolute atomic E-state index is 0.172. The lowest BCUT2D eigenvalue weighted by molar-refractivity contribution is -0.130. The Morgan fingerprint density at radius 3 is 2.70 bits per heavy atom. The zero-order chi connectivity index (χ0) is 20.7. The van der Waals surface area contributed by atoms with Crippen molar-refractivity contribution in [3.63, 3.8) is 0 Å². The summed E-state index contributed by atoms with van der Waals surface area (Å²) in [6, 6.07) is 12.7. The molecule has 3 aromatic rings. The van der Waals surface area contributed by atoms with E-state index in [1.807, 2.05) is 30.3 Å². The molecule has 1 aromatic carbocycles. The molecular weight excluding hydrogens is 384 g/mol. The third-order valence-electron chi connectivity index (χ3n) is 5.98. The van der Waals surface area contributed by atoms with Crippen molar-refractivity contribution in [2.24, 2.45) is 5.92 Å². The summed E-state index contributed by atoms with van der Waals surface area (Å²) >= 11 is 0. The highest BCUT2D eigenvalue weighted by Crippen LogP contribution is 2.48. The number of amides is 1. The summed E-state index contributed by atoms with van der Waals surface area (Å²) in [6.07, 6.45) is 6.97. The number of hydrogen-bond donors (Lipinski definition) is 1. The van der Waals surface area contributed by atoms with Gasteiger partial charge in [-0.2, -0.15) is 5.06 Å². The molecule has 8 heteroatoms. The van der Waals surface area contributed by atoms with Crippen molar-refractivity contribution in [1.82, 2.24) is 14.8 Å². The summed E-state index contributed by atoms with van der Waals surface area (Å²) in [5, 5.41) is 15.4. The van der Waals surface area contributed by atoms with Crippen LogP contribution in [0.25, 0.3) is 5.69 Å². The van der Waals surface area contributed by atoms with Crippen LogP contribution in [0.4, 0.5) is 5.82 Å². The molecule has 0 radical (unpaired) electrons. The first-order chi connectivity index (χ1) is 14.6. The lowest BCUT2D eigenvalue weighted by Crippen LogP contribution is -2.40. The molecule has 2 aliphatic rings. The number of hydroxylamine groups is 1. The van der Waals surface area contributed by atoms with Gasteiger partial charge in [-0.3, -0.25) is 15.0 Å². The Bertz CT molecular complexity index is 1100. The largest absolute Gasteiger partial charge is 0.450 e. The summed E-state index contributed by atoms with van der Waals surface area (Å²) < 4.78 is 7.30. The van der Waals surface area contributed by atoms with Crippen LogP contribution >= 0.6 is 0 Å². The van der Waals surface area contributed by atoms with Gasteiger partial charge in [-0.25, -0.2) is 9.48 Å². The van der Waals surface area contributed by atoms with Crippen LogP contribution in [-0.4, -0.2) is 31.8 Å². The van der Waals surface area contributed by atoms with Gasteiger partial charge >= 0.3 is 5.97 Å². The third-order valence-corrected chi connectivity index (χ3v) is 5.98. The molecule has 1 aliphatic heterocycles. The molecule has 30 heavy (non-hydrogen) atoms. The second-order valence-electron chi connectivity index (χ2n) is 7.68. The molecule has 3 heterocycles. The van der Waals surface area contributed by atoms with Crippen molar-refractivity contribution < 1.29 is 19.5 Å². The first-order valence-corrected chi connectivity index (χ1v) is 9.89. The number of ether oxygens (including phenoxy) is 1. The van der Waals surface area contributed by atoms with Crippen molar-refractivity contribution in [2.75, 3.05) is 5.06 Å². The number of rotatable bonds is 3. The zero-order valence-electron chi connectivity index (χ0n) is 16.1. The molecule has 1 N–H and O–H groups in total. The van der Waals surface area contributed by atoms with Crippen LogP contribution in [0.2, 0.25) is 0 Å². The van der Waals surface area contributed by atoms with Gasteiger partial charge in [0.15, 0.2) is 5.82 Å². The van der Waals surface area contributed by atoms with E-state index in [1.54, 1.807) is 35.4 Å². The fraction of sp³-hybridized carbons (Fsp3) is 0.273. The van der Waals surface area contributed by atoms with Crippen molar-refractivity contribution >= 4 is 17.7 Å². The normalized spacial score (nSPS) is 22.6. The lowest BCUT2D eigenvalue weighted by atomic mass is 9.75. The van der Waals surface area contributed by atoms with Gasteiger partial charge in [-0.05, 0) is 43.9 Å². The number of benzene rings is 1. The van der Waals surface area contributed by atoms with Crippen LogP contribution in [0.3, 0.4) is 0 Å². The molecule has 1 fully saturated rings. The first-order valence-electron chi connectivity index (χ1n) is 9.89. The van der Waals surface area contributed by atoms with Crippen LogP contribution in [0.15, 0.2) is 61.1 Å². The highest BCUT2D eigenvalue weighted by Gasteiger charge is 2.49. The minimum atomic E-state index is -0.716. The summed E-state index contributed by atoms with van der Waals surface area (Å²) in [4.78, 5) is 29.2. The van der Waals surface area contributed by atoms with Crippen LogP contribution in [0.5, 0.6) is 0 Å². The number of para-hydroxylation sites is 1. The summed E-state index contributed by atoms with van der Waals surface area (Å²) in [5.41, 5.74) is 1.46. The molecule has 0 atom stereocenters. The molecule has 1 aliphatic carbocycles. The quantitative estimate of drug-likeness (QED) is 0.409. The maximum atomic E-state index is 12.9. The number of carbonyl (C=O) groups is 2. The Morgan fingerprint density at radius 1 is 1.17 bits per heavy atom. The molecule has 2 aromatic heterocycles. The number of aromatic nitrogens is 3. The van der Waals surface area contributed by atoms with E-state index in [2.05, 4.69) is 10.1 Å². The Morgan fingerprint density at radius 2 is 1.93 bits per heavy atom. The number of fused-ring (bicyclic) bond motifs is 2. The van der Waals surface area contributed by atoms with Gasteiger partial charge in [0.25, 0.3) is 5.91 Å². The predicted octanol–water partition coefficient (Wildman–Crippen LogP) is 3.25. The fourth-order valence-corrected chi connectivity index (χ4v) is 4.36. The van der Waals surface area contributed by atoms with E-state index in [0.717, 1.165) is 11.3 Å². The van der Waals surface area contributed by atoms with E-state index in [1.165, 1.54) is 0 Å². The second-order valence-corrected chi connectivity index (χ2v) is 7.68. The van der Waals surface area contributed by atoms with Crippen LogP contribution < -0.4 is 5.06 Å².